The van der Waals surface area contributed by atoms with Gasteiger partial charge in [0.1, 0.15) is 0 Å². The van der Waals surface area contributed by atoms with Crippen molar-refractivity contribution >= 4 is 11.9 Å². The molecule has 0 heterocycles. The molecule has 2 unspecified atom stereocenters. The fourth-order valence-electron chi connectivity index (χ4n) is 8.99. The van der Waals surface area contributed by atoms with E-state index in [1.807, 2.05) is 0 Å². The Morgan fingerprint density at radius 2 is 0.613 bits per heavy atom. The highest BCUT2D eigenvalue weighted by Crippen LogP contribution is 2.22. The fourth-order valence-corrected chi connectivity index (χ4v) is 8.99. The number of unbranched alkanes of at least 4 members (excludes halogenated alkanes) is 28. The van der Waals surface area contributed by atoms with Crippen molar-refractivity contribution in [3.63, 3.8) is 0 Å². The summed E-state index contributed by atoms with van der Waals surface area (Å²) in [4.78, 5) is 30.5. The van der Waals surface area contributed by atoms with Crippen LogP contribution in [0.5, 0.6) is 0 Å². The van der Waals surface area contributed by atoms with Crippen molar-refractivity contribution in [3.05, 3.63) is 0 Å². The van der Waals surface area contributed by atoms with E-state index in [-0.39, 0.29) is 11.9 Å². The molecular formula is C56H112N2O4. The van der Waals surface area contributed by atoms with Crippen LogP contribution in [0.15, 0.2) is 0 Å². The van der Waals surface area contributed by atoms with E-state index in [4.69, 9.17) is 9.47 Å². The number of carbonyl (C=O) groups excluding carboxylic acids is 2. The van der Waals surface area contributed by atoms with Crippen molar-refractivity contribution in [2.75, 3.05) is 53.5 Å². The van der Waals surface area contributed by atoms with Gasteiger partial charge < -0.3 is 19.3 Å². The molecule has 0 radical (unpaired) electrons. The van der Waals surface area contributed by atoms with E-state index in [2.05, 4.69) is 51.6 Å². The van der Waals surface area contributed by atoms with Crippen LogP contribution >= 0.6 is 0 Å². The van der Waals surface area contributed by atoms with Crippen LogP contribution in [-0.4, -0.2) is 75.2 Å². The topological polar surface area (TPSA) is 59.1 Å². The van der Waals surface area contributed by atoms with Crippen molar-refractivity contribution in [1.29, 1.82) is 0 Å². The first-order chi connectivity index (χ1) is 30.4. The first-order valence-corrected chi connectivity index (χ1v) is 28.0. The molecule has 6 heteroatoms. The molecule has 0 saturated heterocycles. The Balaban J connectivity index is 4.51. The fraction of sp³-hybridized carbons (Fsp3) is 0.964. The lowest BCUT2D eigenvalue weighted by Gasteiger charge is -2.24. The van der Waals surface area contributed by atoms with E-state index in [0.717, 1.165) is 64.7 Å². The molecule has 62 heavy (non-hydrogen) atoms. The SMILES string of the molecule is CCCCCCCCCCC(CCCCCCCC)COC(=O)CCCCCN(CCCCCC(=O)OCC(CCCCCCCC)CCCCCCCCCC)CCN(C)C. The Morgan fingerprint density at radius 1 is 0.339 bits per heavy atom. The Morgan fingerprint density at radius 3 is 0.903 bits per heavy atom. The summed E-state index contributed by atoms with van der Waals surface area (Å²) in [5.74, 6) is 1.08. The smallest absolute Gasteiger partial charge is 0.305 e. The average molecular weight is 878 g/mol. The zero-order chi connectivity index (χ0) is 45.4. The van der Waals surface area contributed by atoms with Gasteiger partial charge in [0.15, 0.2) is 0 Å². The number of carbonyl (C=O) groups is 2. The van der Waals surface area contributed by atoms with Gasteiger partial charge in [-0.1, -0.05) is 220 Å². The van der Waals surface area contributed by atoms with Crippen LogP contribution in [0.4, 0.5) is 0 Å². The molecule has 370 valence electrons. The van der Waals surface area contributed by atoms with Crippen LogP contribution < -0.4 is 0 Å². The number of rotatable bonds is 51. The Labute approximate surface area is 389 Å². The number of nitrogens with zero attached hydrogens (tertiary/aromatic N) is 2. The summed E-state index contributed by atoms with van der Waals surface area (Å²) in [6, 6.07) is 0. The number of hydrogen-bond donors (Lipinski definition) is 0. The van der Waals surface area contributed by atoms with E-state index in [1.54, 1.807) is 0 Å². The molecule has 0 aliphatic rings. The van der Waals surface area contributed by atoms with E-state index in [1.165, 1.54) is 205 Å². The maximum absolute atomic E-state index is 12.8. The third-order valence-electron chi connectivity index (χ3n) is 13.4. The second-order valence-corrected chi connectivity index (χ2v) is 20.0. The van der Waals surface area contributed by atoms with E-state index >= 15 is 0 Å². The summed E-state index contributed by atoms with van der Waals surface area (Å²) in [5, 5.41) is 0. The van der Waals surface area contributed by atoms with Gasteiger partial charge in [-0.3, -0.25) is 9.59 Å². The summed E-state index contributed by atoms with van der Waals surface area (Å²) in [6.07, 6.45) is 49.7. The van der Waals surface area contributed by atoms with Crippen molar-refractivity contribution in [2.45, 2.75) is 285 Å². The molecule has 0 N–H and O–H groups in total. The lowest BCUT2D eigenvalue weighted by molar-refractivity contribution is -0.146. The van der Waals surface area contributed by atoms with Gasteiger partial charge >= 0.3 is 11.9 Å². The summed E-state index contributed by atoms with van der Waals surface area (Å²) < 4.78 is 11.8. The molecule has 0 saturated carbocycles. The summed E-state index contributed by atoms with van der Waals surface area (Å²) in [5.41, 5.74) is 0. The van der Waals surface area contributed by atoms with Gasteiger partial charge in [0.05, 0.1) is 13.2 Å². The van der Waals surface area contributed by atoms with Gasteiger partial charge in [0, 0.05) is 25.9 Å². The molecule has 0 bridgehead atoms. The second-order valence-electron chi connectivity index (χ2n) is 20.0. The third-order valence-corrected chi connectivity index (χ3v) is 13.4. The lowest BCUT2D eigenvalue weighted by Crippen LogP contribution is -2.33. The number of likely N-dealkylation sites (N-methyl/N-ethyl adjacent to an activating group) is 1. The zero-order valence-corrected chi connectivity index (χ0v) is 43.2. The van der Waals surface area contributed by atoms with Crippen LogP contribution in [0, 0.1) is 11.8 Å². The first kappa shape index (κ1) is 60.9. The molecule has 0 amide bonds. The standard InChI is InChI=1S/C56H112N2O4/c1-7-11-15-19-23-25-29-35-43-53(41-33-27-21-17-13-9-3)51-61-55(59)45-37-31-39-47-58(50-49-57(5)6)48-40-32-38-46-56(60)62-52-54(42-34-28-22-18-14-10-4)44-36-30-26-24-20-16-12-8-2/h53-54H,7-52H2,1-6H3. The van der Waals surface area contributed by atoms with Crippen molar-refractivity contribution in [3.8, 4) is 0 Å². The van der Waals surface area contributed by atoms with E-state index in [0.29, 0.717) is 37.9 Å². The van der Waals surface area contributed by atoms with Gasteiger partial charge in [0.2, 0.25) is 0 Å². The lowest BCUT2D eigenvalue weighted by atomic mass is 9.94. The summed E-state index contributed by atoms with van der Waals surface area (Å²) in [7, 11) is 4.30. The van der Waals surface area contributed by atoms with Gasteiger partial charge in [0.25, 0.3) is 0 Å². The van der Waals surface area contributed by atoms with Gasteiger partial charge in [-0.15, -0.1) is 0 Å². The van der Waals surface area contributed by atoms with Crippen molar-refractivity contribution < 1.29 is 19.1 Å². The predicted octanol–water partition coefficient (Wildman–Crippen LogP) is 16.9. The monoisotopic (exact) mass is 877 g/mol. The highest BCUT2D eigenvalue weighted by Gasteiger charge is 2.15. The number of esters is 2. The number of hydrogen-bond acceptors (Lipinski definition) is 6. The quantitative estimate of drug-likeness (QED) is 0.0448. The predicted molar refractivity (Wildman–Crippen MR) is 271 cm³/mol. The van der Waals surface area contributed by atoms with Gasteiger partial charge in [-0.05, 0) is 90.4 Å². The largest absolute Gasteiger partial charge is 0.465 e. The number of ether oxygens (including phenoxy) is 2. The summed E-state index contributed by atoms with van der Waals surface area (Å²) in [6.45, 7) is 14.6. The van der Waals surface area contributed by atoms with E-state index < -0.39 is 0 Å². The molecule has 0 aromatic rings. The molecule has 0 aromatic carbocycles. The molecule has 0 aliphatic heterocycles. The third kappa shape index (κ3) is 45.4. The van der Waals surface area contributed by atoms with Crippen molar-refractivity contribution in [2.24, 2.45) is 11.8 Å². The molecular weight excluding hydrogens is 765 g/mol. The minimum Gasteiger partial charge on any atom is -0.465 e. The highest BCUT2D eigenvalue weighted by atomic mass is 16.5. The maximum atomic E-state index is 12.8. The molecule has 0 aromatic heterocycles. The molecule has 0 fully saturated rings. The van der Waals surface area contributed by atoms with Crippen LogP contribution in [0.3, 0.4) is 0 Å². The molecule has 6 nitrogen and oxygen atoms in total. The summed E-state index contributed by atoms with van der Waals surface area (Å²) >= 11 is 0. The molecule has 0 aliphatic carbocycles. The maximum Gasteiger partial charge on any atom is 0.305 e. The second kappa shape index (κ2) is 49.3. The van der Waals surface area contributed by atoms with Crippen LogP contribution in [0.1, 0.15) is 285 Å². The zero-order valence-electron chi connectivity index (χ0n) is 43.2. The van der Waals surface area contributed by atoms with Gasteiger partial charge in [-0.2, -0.15) is 0 Å². The van der Waals surface area contributed by atoms with Crippen LogP contribution in [0.2, 0.25) is 0 Å². The minimum absolute atomic E-state index is 0.00804. The Hall–Kier alpha value is -1.14. The van der Waals surface area contributed by atoms with Crippen LogP contribution in [-0.2, 0) is 19.1 Å². The Kier molecular flexibility index (Phi) is 48.4. The molecule has 0 rings (SSSR count). The van der Waals surface area contributed by atoms with Gasteiger partial charge in [-0.25, -0.2) is 0 Å². The van der Waals surface area contributed by atoms with Crippen molar-refractivity contribution in [1.82, 2.24) is 9.80 Å². The molecule has 2 atom stereocenters. The minimum atomic E-state index is 0.00804. The highest BCUT2D eigenvalue weighted by molar-refractivity contribution is 5.69. The normalized spacial score (nSPS) is 12.7. The van der Waals surface area contributed by atoms with Crippen LogP contribution in [0.25, 0.3) is 0 Å². The molecule has 0 spiro atoms. The Bertz CT molecular complexity index is 846. The average Bonchev–Trinajstić information content (AvgIpc) is 3.26. The van der Waals surface area contributed by atoms with E-state index in [9.17, 15) is 9.59 Å². The first-order valence-electron chi connectivity index (χ1n) is 28.0.